The van der Waals surface area contributed by atoms with Gasteiger partial charge in [0.2, 0.25) is 0 Å². The number of hydrogen-bond acceptors (Lipinski definition) is 3. The number of hydrogen-bond donors (Lipinski definition) is 0. The Hall–Kier alpha value is -1.40. The van der Waals surface area contributed by atoms with Gasteiger partial charge in [-0.25, -0.2) is 4.79 Å². The van der Waals surface area contributed by atoms with Gasteiger partial charge in [-0.2, -0.15) is 0 Å². The maximum absolute atomic E-state index is 13.0. The molecule has 1 aliphatic heterocycles. The molecule has 158 valence electrons. The molecule has 0 radical (unpaired) electrons. The van der Waals surface area contributed by atoms with Crippen LogP contribution in [0.25, 0.3) is 0 Å². The lowest BCUT2D eigenvalue weighted by Crippen LogP contribution is -2.48. The zero-order valence-corrected chi connectivity index (χ0v) is 19.1. The van der Waals surface area contributed by atoms with Crippen LogP contribution in [-0.4, -0.2) is 57.6 Å². The summed E-state index contributed by atoms with van der Waals surface area (Å²) in [4.78, 5) is 29.1. The summed E-state index contributed by atoms with van der Waals surface area (Å²) in [6, 6.07) is 1.63. The van der Waals surface area contributed by atoms with E-state index in [2.05, 4.69) is 0 Å². The molecular weight excluding hydrogens is 401 g/mol. The van der Waals surface area contributed by atoms with Gasteiger partial charge in [0, 0.05) is 32.7 Å². The molecule has 1 unspecified atom stereocenters. The van der Waals surface area contributed by atoms with Crippen LogP contribution in [0.5, 0.6) is 0 Å². The first kappa shape index (κ1) is 22.9. The SMILES string of the molecule is CC(C)N(CC1CCCN(C(=O)c2cc(Cl)c(Cl)n2C)C1)C(=O)OC(C)(C)C. The van der Waals surface area contributed by atoms with Crippen LogP contribution in [0.2, 0.25) is 10.2 Å². The highest BCUT2D eigenvalue weighted by Crippen LogP contribution is 2.27. The van der Waals surface area contributed by atoms with Gasteiger partial charge in [0.1, 0.15) is 16.4 Å². The van der Waals surface area contributed by atoms with Gasteiger partial charge in [-0.05, 0) is 59.4 Å². The van der Waals surface area contributed by atoms with Gasteiger partial charge in [0.15, 0.2) is 0 Å². The maximum atomic E-state index is 13.0. The molecule has 0 N–H and O–H groups in total. The molecule has 2 heterocycles. The van der Waals surface area contributed by atoms with Crippen LogP contribution in [-0.2, 0) is 11.8 Å². The van der Waals surface area contributed by atoms with Crippen molar-refractivity contribution in [2.45, 2.75) is 59.1 Å². The summed E-state index contributed by atoms with van der Waals surface area (Å²) >= 11 is 12.2. The second-order valence-electron chi connectivity index (χ2n) is 8.71. The number of amides is 2. The van der Waals surface area contributed by atoms with Gasteiger partial charge in [0.05, 0.1) is 5.02 Å². The van der Waals surface area contributed by atoms with Gasteiger partial charge in [0.25, 0.3) is 5.91 Å². The summed E-state index contributed by atoms with van der Waals surface area (Å²) in [5.74, 6) is 0.105. The third-order valence-electron chi connectivity index (χ3n) is 4.85. The van der Waals surface area contributed by atoms with Crippen molar-refractivity contribution < 1.29 is 14.3 Å². The summed E-state index contributed by atoms with van der Waals surface area (Å²) in [6.45, 7) is 11.4. The molecule has 1 aromatic rings. The minimum Gasteiger partial charge on any atom is -0.444 e. The smallest absolute Gasteiger partial charge is 0.410 e. The van der Waals surface area contributed by atoms with Gasteiger partial charge >= 0.3 is 6.09 Å². The highest BCUT2D eigenvalue weighted by Gasteiger charge is 2.31. The predicted molar refractivity (Wildman–Crippen MR) is 112 cm³/mol. The van der Waals surface area contributed by atoms with Crippen molar-refractivity contribution in [3.05, 3.63) is 21.9 Å². The minimum atomic E-state index is -0.538. The number of ether oxygens (including phenoxy) is 1. The average Bonchev–Trinajstić information content (AvgIpc) is 2.85. The zero-order valence-electron chi connectivity index (χ0n) is 17.6. The second-order valence-corrected chi connectivity index (χ2v) is 9.48. The molecule has 0 aromatic carbocycles. The standard InChI is InChI=1S/C20H31Cl2N3O3/c1-13(2)25(19(27)28-20(3,4)5)12-14-8-7-9-24(11-14)18(26)16-10-15(21)17(22)23(16)6/h10,13-14H,7-9,11-12H2,1-6H3. The number of rotatable bonds is 4. The lowest BCUT2D eigenvalue weighted by Gasteiger charge is -2.37. The Balaban J connectivity index is 2.08. The first-order valence-corrected chi connectivity index (χ1v) is 10.5. The van der Waals surface area contributed by atoms with E-state index in [0.29, 0.717) is 35.5 Å². The molecule has 8 heteroatoms. The van der Waals surface area contributed by atoms with E-state index in [0.717, 1.165) is 12.8 Å². The van der Waals surface area contributed by atoms with Crippen molar-refractivity contribution in [2.24, 2.45) is 13.0 Å². The van der Waals surface area contributed by atoms with Crippen LogP contribution >= 0.6 is 23.2 Å². The molecule has 28 heavy (non-hydrogen) atoms. The molecule has 2 rings (SSSR count). The fourth-order valence-electron chi connectivity index (χ4n) is 3.40. The summed E-state index contributed by atoms with van der Waals surface area (Å²) in [7, 11) is 1.73. The first-order valence-electron chi connectivity index (χ1n) is 9.70. The maximum Gasteiger partial charge on any atom is 0.410 e. The summed E-state index contributed by atoms with van der Waals surface area (Å²) in [5.41, 5.74) is -0.0624. The van der Waals surface area contributed by atoms with E-state index in [1.807, 2.05) is 39.5 Å². The fourth-order valence-corrected chi connectivity index (χ4v) is 3.78. The summed E-state index contributed by atoms with van der Waals surface area (Å²) in [6.07, 6.45) is 1.54. The number of nitrogens with zero attached hydrogens (tertiary/aromatic N) is 3. The molecule has 0 saturated carbocycles. The molecule has 6 nitrogen and oxygen atoms in total. The topological polar surface area (TPSA) is 54.8 Å². The highest BCUT2D eigenvalue weighted by atomic mass is 35.5. The van der Waals surface area contributed by atoms with E-state index in [9.17, 15) is 9.59 Å². The molecule has 1 atom stereocenters. The third-order valence-corrected chi connectivity index (χ3v) is 5.69. The molecule has 1 fully saturated rings. The van der Waals surface area contributed by atoms with Crippen LogP contribution in [0.3, 0.4) is 0 Å². The fraction of sp³-hybridized carbons (Fsp3) is 0.700. The van der Waals surface area contributed by atoms with Gasteiger partial charge in [-0.3, -0.25) is 4.79 Å². The molecule has 0 bridgehead atoms. The van der Waals surface area contributed by atoms with Crippen LogP contribution < -0.4 is 0 Å². The Morgan fingerprint density at radius 1 is 1.32 bits per heavy atom. The zero-order chi connectivity index (χ0) is 21.2. The van der Waals surface area contributed by atoms with Crippen LogP contribution in [0, 0.1) is 5.92 Å². The average molecular weight is 432 g/mol. The van der Waals surface area contributed by atoms with Gasteiger partial charge in [-0.15, -0.1) is 0 Å². The Morgan fingerprint density at radius 3 is 2.46 bits per heavy atom. The Bertz CT molecular complexity index is 725. The summed E-state index contributed by atoms with van der Waals surface area (Å²) in [5, 5.41) is 0.728. The number of aromatic nitrogens is 1. The number of halogens is 2. The van der Waals surface area contributed by atoms with Crippen molar-refractivity contribution in [2.75, 3.05) is 19.6 Å². The molecular formula is C20H31Cl2N3O3. The second kappa shape index (κ2) is 8.95. The third kappa shape index (κ3) is 5.57. The van der Waals surface area contributed by atoms with Crippen LogP contribution in [0.15, 0.2) is 6.07 Å². The molecule has 0 spiro atoms. The Morgan fingerprint density at radius 2 is 1.96 bits per heavy atom. The van der Waals surface area contributed by atoms with Crippen molar-refractivity contribution in [1.29, 1.82) is 0 Å². The lowest BCUT2D eigenvalue weighted by atomic mass is 9.96. The van der Waals surface area contributed by atoms with Crippen LogP contribution in [0.4, 0.5) is 4.79 Å². The van der Waals surface area contributed by atoms with E-state index < -0.39 is 5.60 Å². The minimum absolute atomic E-state index is 0.0198. The largest absolute Gasteiger partial charge is 0.444 e. The molecule has 1 aliphatic rings. The van der Waals surface area contributed by atoms with Crippen molar-refractivity contribution in [3.8, 4) is 0 Å². The van der Waals surface area contributed by atoms with Crippen molar-refractivity contribution in [3.63, 3.8) is 0 Å². The number of likely N-dealkylation sites (tertiary alicyclic amines) is 1. The van der Waals surface area contributed by atoms with Gasteiger partial charge in [-0.1, -0.05) is 23.2 Å². The van der Waals surface area contributed by atoms with E-state index in [4.69, 9.17) is 27.9 Å². The molecule has 1 saturated heterocycles. The van der Waals surface area contributed by atoms with Crippen molar-refractivity contribution >= 4 is 35.2 Å². The lowest BCUT2D eigenvalue weighted by molar-refractivity contribution is 0.0123. The number of carbonyl (C=O) groups is 2. The number of carbonyl (C=O) groups excluding carboxylic acids is 2. The Labute approximate surface area is 177 Å². The molecule has 2 amide bonds. The quantitative estimate of drug-likeness (QED) is 0.685. The molecule has 1 aromatic heterocycles. The highest BCUT2D eigenvalue weighted by molar-refractivity contribution is 6.41. The van der Waals surface area contributed by atoms with Gasteiger partial charge < -0.3 is 19.1 Å². The monoisotopic (exact) mass is 431 g/mol. The first-order chi connectivity index (χ1) is 12.9. The summed E-state index contributed by atoms with van der Waals surface area (Å²) < 4.78 is 7.16. The van der Waals surface area contributed by atoms with Crippen LogP contribution in [0.1, 0.15) is 57.9 Å². The molecule has 0 aliphatic carbocycles. The van der Waals surface area contributed by atoms with E-state index in [1.165, 1.54) is 0 Å². The Kier molecular flexibility index (Phi) is 7.32. The normalized spacial score (nSPS) is 17.8. The van der Waals surface area contributed by atoms with E-state index in [-0.39, 0.29) is 24.0 Å². The predicted octanol–water partition coefficient (Wildman–Crippen LogP) is 4.83. The van der Waals surface area contributed by atoms with Crippen molar-refractivity contribution in [1.82, 2.24) is 14.4 Å². The van der Waals surface area contributed by atoms with E-state index >= 15 is 0 Å². The van der Waals surface area contributed by atoms with E-state index in [1.54, 1.807) is 22.6 Å². The number of piperidine rings is 1.